The number of carbonyl (C=O) groups is 1. The van der Waals surface area contributed by atoms with Gasteiger partial charge in [0.25, 0.3) is 0 Å². The summed E-state index contributed by atoms with van der Waals surface area (Å²) in [6, 6.07) is 8.13. The molecule has 0 saturated heterocycles. The van der Waals surface area contributed by atoms with E-state index in [-0.39, 0.29) is 12.1 Å². The predicted molar refractivity (Wildman–Crippen MR) is 99.5 cm³/mol. The van der Waals surface area contributed by atoms with Crippen molar-refractivity contribution in [2.45, 2.75) is 52.3 Å². The second-order valence-electron chi connectivity index (χ2n) is 7.31. The number of amides is 1. The van der Waals surface area contributed by atoms with Gasteiger partial charge in [-0.2, -0.15) is 5.10 Å². The fourth-order valence-corrected chi connectivity index (χ4v) is 2.51. The summed E-state index contributed by atoms with van der Waals surface area (Å²) in [4.78, 5) is 11.8. The van der Waals surface area contributed by atoms with Crippen LogP contribution in [0.3, 0.4) is 0 Å². The molecule has 2 rings (SSSR count). The van der Waals surface area contributed by atoms with Gasteiger partial charge in [0.2, 0.25) is 0 Å². The Kier molecular flexibility index (Phi) is 5.85. The van der Waals surface area contributed by atoms with Crippen LogP contribution in [0.15, 0.2) is 36.7 Å². The molecular formula is C19H28N4O2. The number of hydrogen-bond acceptors (Lipinski definition) is 4. The highest BCUT2D eigenvalue weighted by atomic mass is 16.6. The number of ether oxygens (including phenoxy) is 1. The van der Waals surface area contributed by atoms with E-state index in [1.807, 2.05) is 64.5 Å². The second-order valence-corrected chi connectivity index (χ2v) is 7.31. The lowest BCUT2D eigenvalue weighted by molar-refractivity contribution is 0.0636. The topological polar surface area (TPSA) is 68.2 Å². The maximum Gasteiger partial charge on any atom is 0.412 e. The fraction of sp³-hybridized carbons (Fsp3) is 0.474. The predicted octanol–water partition coefficient (Wildman–Crippen LogP) is 4.18. The Morgan fingerprint density at radius 1 is 1.12 bits per heavy atom. The maximum absolute atomic E-state index is 11.8. The summed E-state index contributed by atoms with van der Waals surface area (Å²) >= 11 is 0. The average molecular weight is 344 g/mol. The summed E-state index contributed by atoms with van der Waals surface area (Å²) in [5, 5.41) is 10.5. The van der Waals surface area contributed by atoms with Crippen LogP contribution in [0.25, 0.3) is 0 Å². The summed E-state index contributed by atoms with van der Waals surface area (Å²) in [5.74, 6) is 0. The number of aromatic nitrogens is 2. The molecule has 6 heteroatoms. The minimum absolute atomic E-state index is 0.172. The van der Waals surface area contributed by atoms with Gasteiger partial charge in [-0.25, -0.2) is 4.79 Å². The second kappa shape index (κ2) is 7.70. The monoisotopic (exact) mass is 344 g/mol. The molecule has 1 aromatic carbocycles. The molecule has 136 valence electrons. The first-order valence-corrected chi connectivity index (χ1v) is 8.48. The number of hydrogen-bond donors (Lipinski definition) is 2. The third kappa shape index (κ3) is 5.90. The lowest BCUT2D eigenvalue weighted by Crippen LogP contribution is -2.27. The number of nitrogens with one attached hydrogen (secondary N) is 2. The quantitative estimate of drug-likeness (QED) is 0.854. The fourth-order valence-electron chi connectivity index (χ4n) is 2.51. The molecule has 2 unspecified atom stereocenters. The normalized spacial score (nSPS) is 14.0. The van der Waals surface area contributed by atoms with Gasteiger partial charge >= 0.3 is 6.09 Å². The lowest BCUT2D eigenvalue weighted by atomic mass is 10.1. The minimum atomic E-state index is -0.509. The van der Waals surface area contributed by atoms with Gasteiger partial charge in [0.05, 0.1) is 6.20 Å². The summed E-state index contributed by atoms with van der Waals surface area (Å²) in [6.45, 7) is 9.75. The van der Waals surface area contributed by atoms with Crippen LogP contribution in [0.1, 0.15) is 57.8 Å². The average Bonchev–Trinajstić information content (AvgIpc) is 2.92. The van der Waals surface area contributed by atoms with E-state index < -0.39 is 11.7 Å². The van der Waals surface area contributed by atoms with E-state index in [1.165, 1.54) is 0 Å². The number of benzene rings is 1. The third-order valence-corrected chi connectivity index (χ3v) is 3.78. The van der Waals surface area contributed by atoms with Crippen molar-refractivity contribution in [3.63, 3.8) is 0 Å². The first-order valence-electron chi connectivity index (χ1n) is 8.48. The summed E-state index contributed by atoms with van der Waals surface area (Å²) in [7, 11) is 1.91. The van der Waals surface area contributed by atoms with E-state index in [0.717, 1.165) is 11.1 Å². The highest BCUT2D eigenvalue weighted by Gasteiger charge is 2.16. The van der Waals surface area contributed by atoms with E-state index >= 15 is 0 Å². The molecule has 0 spiro atoms. The number of nitrogens with zero attached hydrogens (tertiary/aromatic N) is 2. The van der Waals surface area contributed by atoms with Gasteiger partial charge in [0, 0.05) is 36.6 Å². The van der Waals surface area contributed by atoms with Crippen molar-refractivity contribution >= 4 is 11.8 Å². The van der Waals surface area contributed by atoms with Crippen LogP contribution in [0.4, 0.5) is 10.5 Å². The van der Waals surface area contributed by atoms with Crippen molar-refractivity contribution in [2.75, 3.05) is 5.32 Å². The van der Waals surface area contributed by atoms with Crippen molar-refractivity contribution < 1.29 is 9.53 Å². The van der Waals surface area contributed by atoms with Gasteiger partial charge in [0.15, 0.2) is 0 Å². The Labute approximate surface area is 149 Å². The SMILES string of the molecule is CC(NC(C)c1cnn(C)c1)c1ccc(NC(=O)OC(C)(C)C)cc1. The molecule has 1 amide bonds. The molecule has 1 heterocycles. The van der Waals surface area contributed by atoms with Crippen LogP contribution >= 0.6 is 0 Å². The molecule has 0 radical (unpaired) electrons. The number of aryl methyl sites for hydroxylation is 1. The lowest BCUT2D eigenvalue weighted by Gasteiger charge is -2.21. The minimum Gasteiger partial charge on any atom is -0.444 e. The van der Waals surface area contributed by atoms with Crippen LogP contribution in [0.2, 0.25) is 0 Å². The zero-order valence-corrected chi connectivity index (χ0v) is 15.8. The van der Waals surface area contributed by atoms with Crippen LogP contribution in [-0.2, 0) is 11.8 Å². The number of anilines is 1. The van der Waals surface area contributed by atoms with Crippen molar-refractivity contribution in [1.29, 1.82) is 0 Å². The van der Waals surface area contributed by atoms with Gasteiger partial charge in [-0.15, -0.1) is 0 Å². The molecule has 0 bridgehead atoms. The van der Waals surface area contributed by atoms with Crippen LogP contribution in [0, 0.1) is 0 Å². The molecule has 1 aromatic heterocycles. The van der Waals surface area contributed by atoms with Crippen LogP contribution in [0.5, 0.6) is 0 Å². The zero-order valence-electron chi connectivity index (χ0n) is 15.8. The standard InChI is InChI=1S/C19H28N4O2/c1-13(21-14(2)16-11-20-23(6)12-16)15-7-9-17(10-8-15)22-18(24)25-19(3,4)5/h7-14,21H,1-6H3,(H,22,24). The van der Waals surface area contributed by atoms with E-state index in [9.17, 15) is 4.79 Å². The van der Waals surface area contributed by atoms with E-state index in [1.54, 1.807) is 4.68 Å². The van der Waals surface area contributed by atoms with Gasteiger partial charge < -0.3 is 10.1 Å². The Bertz CT molecular complexity index is 701. The molecule has 0 fully saturated rings. The van der Waals surface area contributed by atoms with Gasteiger partial charge in [-0.3, -0.25) is 10.00 Å². The first kappa shape index (κ1) is 19.0. The first-order chi connectivity index (χ1) is 11.6. The van der Waals surface area contributed by atoms with Crippen molar-refractivity contribution in [1.82, 2.24) is 15.1 Å². The van der Waals surface area contributed by atoms with Crippen molar-refractivity contribution in [3.8, 4) is 0 Å². The van der Waals surface area contributed by atoms with Gasteiger partial charge in [-0.05, 0) is 52.3 Å². The number of rotatable bonds is 5. The molecule has 2 atom stereocenters. The van der Waals surface area contributed by atoms with Crippen molar-refractivity contribution in [2.24, 2.45) is 7.05 Å². The summed E-state index contributed by atoms with van der Waals surface area (Å²) in [5.41, 5.74) is 2.50. The molecule has 2 N–H and O–H groups in total. The van der Waals surface area contributed by atoms with Gasteiger partial charge in [0.1, 0.15) is 5.60 Å². The van der Waals surface area contributed by atoms with Gasteiger partial charge in [-0.1, -0.05) is 12.1 Å². The smallest absolute Gasteiger partial charge is 0.412 e. The van der Waals surface area contributed by atoms with E-state index in [4.69, 9.17) is 4.74 Å². The maximum atomic E-state index is 11.8. The molecule has 0 saturated carbocycles. The van der Waals surface area contributed by atoms with E-state index in [2.05, 4.69) is 29.6 Å². The Balaban J connectivity index is 1.93. The Morgan fingerprint density at radius 2 is 1.72 bits per heavy atom. The largest absolute Gasteiger partial charge is 0.444 e. The van der Waals surface area contributed by atoms with Crippen molar-refractivity contribution in [3.05, 3.63) is 47.8 Å². The van der Waals surface area contributed by atoms with Crippen LogP contribution < -0.4 is 10.6 Å². The summed E-state index contributed by atoms with van der Waals surface area (Å²) < 4.78 is 7.05. The molecular weight excluding hydrogens is 316 g/mol. The summed E-state index contributed by atoms with van der Waals surface area (Å²) in [6.07, 6.45) is 3.44. The van der Waals surface area contributed by atoms with E-state index in [0.29, 0.717) is 5.69 Å². The number of carbonyl (C=O) groups excluding carboxylic acids is 1. The third-order valence-electron chi connectivity index (χ3n) is 3.78. The molecule has 25 heavy (non-hydrogen) atoms. The molecule has 6 nitrogen and oxygen atoms in total. The zero-order chi connectivity index (χ0) is 18.6. The van der Waals surface area contributed by atoms with Crippen LogP contribution in [-0.4, -0.2) is 21.5 Å². The highest BCUT2D eigenvalue weighted by molar-refractivity contribution is 5.84. The molecule has 0 aliphatic heterocycles. The molecule has 0 aliphatic carbocycles. The highest BCUT2D eigenvalue weighted by Crippen LogP contribution is 2.21. The Hall–Kier alpha value is -2.34. The molecule has 0 aliphatic rings. The molecule has 2 aromatic rings. The Morgan fingerprint density at radius 3 is 2.24 bits per heavy atom.